The van der Waals surface area contributed by atoms with E-state index in [-0.39, 0.29) is 24.8 Å². The molecule has 1 aliphatic heterocycles. The van der Waals surface area contributed by atoms with Crippen molar-refractivity contribution in [3.05, 3.63) is 28.8 Å². The van der Waals surface area contributed by atoms with Crippen molar-refractivity contribution in [1.82, 2.24) is 10.2 Å². The number of hydrogen-bond acceptors (Lipinski definition) is 4. The largest absolute Gasteiger partial charge is 0.496 e. The molecule has 128 valence electrons. The summed E-state index contributed by atoms with van der Waals surface area (Å²) in [6.45, 7) is 6.76. The van der Waals surface area contributed by atoms with Gasteiger partial charge in [-0.3, -0.25) is 4.90 Å². The van der Waals surface area contributed by atoms with Crippen LogP contribution in [0.3, 0.4) is 0 Å². The van der Waals surface area contributed by atoms with Crippen molar-refractivity contribution in [3.63, 3.8) is 0 Å². The second kappa shape index (κ2) is 12.2. The molecule has 1 aromatic carbocycles. The normalized spacial score (nSPS) is 14.8. The monoisotopic (exact) mass is 370 g/mol. The van der Waals surface area contributed by atoms with Gasteiger partial charge in [-0.05, 0) is 37.7 Å². The zero-order valence-corrected chi connectivity index (χ0v) is 15.2. The average Bonchev–Trinajstić information content (AvgIpc) is 2.48. The number of ether oxygens (including phenoxy) is 2. The third-order valence-corrected chi connectivity index (χ3v) is 3.72. The van der Waals surface area contributed by atoms with Gasteiger partial charge >= 0.3 is 0 Å². The molecular formula is C15H25Cl3N2O2. The van der Waals surface area contributed by atoms with Crippen LogP contribution in [0, 0.1) is 0 Å². The predicted molar refractivity (Wildman–Crippen MR) is 96.1 cm³/mol. The molecule has 0 saturated carbocycles. The van der Waals surface area contributed by atoms with E-state index in [1.165, 1.54) is 0 Å². The average molecular weight is 372 g/mol. The number of hydrogen-bond donors (Lipinski definition) is 1. The first-order chi connectivity index (χ1) is 9.79. The van der Waals surface area contributed by atoms with E-state index in [0.29, 0.717) is 0 Å². The molecule has 0 amide bonds. The van der Waals surface area contributed by atoms with Gasteiger partial charge in [0, 0.05) is 30.2 Å². The summed E-state index contributed by atoms with van der Waals surface area (Å²) in [5.74, 6) is 0.884. The fraction of sp³-hybridized carbons (Fsp3) is 0.600. The van der Waals surface area contributed by atoms with Crippen LogP contribution < -0.4 is 10.1 Å². The van der Waals surface area contributed by atoms with Gasteiger partial charge in [0.1, 0.15) is 5.75 Å². The molecule has 1 aliphatic rings. The molecule has 0 radical (unpaired) electrons. The number of rotatable bonds is 7. The summed E-state index contributed by atoms with van der Waals surface area (Å²) in [5.41, 5.74) is 1.10. The van der Waals surface area contributed by atoms with Crippen LogP contribution >= 0.6 is 36.4 Å². The molecule has 0 aromatic heterocycles. The molecule has 1 heterocycles. The lowest BCUT2D eigenvalue weighted by atomic mass is 10.2. The highest BCUT2D eigenvalue weighted by Gasteiger charge is 2.09. The molecule has 4 nitrogen and oxygen atoms in total. The van der Waals surface area contributed by atoms with E-state index in [1.807, 2.05) is 18.2 Å². The number of methoxy groups -OCH3 is 1. The summed E-state index contributed by atoms with van der Waals surface area (Å²) in [6, 6.07) is 5.71. The first kappa shape index (κ1) is 21.8. The minimum Gasteiger partial charge on any atom is -0.496 e. The third kappa shape index (κ3) is 7.36. The minimum absolute atomic E-state index is 0. The van der Waals surface area contributed by atoms with E-state index in [0.717, 1.165) is 68.7 Å². The highest BCUT2D eigenvalue weighted by molar-refractivity contribution is 6.30. The minimum atomic E-state index is 0. The fourth-order valence-corrected chi connectivity index (χ4v) is 2.56. The Kier molecular flexibility index (Phi) is 12.1. The number of nitrogens with zero attached hydrogens (tertiary/aromatic N) is 1. The number of benzene rings is 1. The molecule has 0 atom stereocenters. The van der Waals surface area contributed by atoms with Gasteiger partial charge in [0.15, 0.2) is 0 Å². The summed E-state index contributed by atoms with van der Waals surface area (Å²) >= 11 is 6.01. The molecule has 0 spiro atoms. The SMILES string of the molecule is COc1ccc(Cl)cc1CNCCCN1CCOCC1.Cl.Cl. The van der Waals surface area contributed by atoms with Gasteiger partial charge in [0.2, 0.25) is 0 Å². The summed E-state index contributed by atoms with van der Waals surface area (Å²) in [7, 11) is 1.69. The molecule has 1 aromatic rings. The van der Waals surface area contributed by atoms with Crippen molar-refractivity contribution in [2.24, 2.45) is 0 Å². The smallest absolute Gasteiger partial charge is 0.123 e. The Hall–Kier alpha value is -0.230. The molecular weight excluding hydrogens is 347 g/mol. The van der Waals surface area contributed by atoms with Crippen LogP contribution in [0.15, 0.2) is 18.2 Å². The summed E-state index contributed by atoms with van der Waals surface area (Å²) < 4.78 is 10.7. The Morgan fingerprint density at radius 3 is 2.68 bits per heavy atom. The highest BCUT2D eigenvalue weighted by atomic mass is 35.5. The number of halogens is 3. The van der Waals surface area contributed by atoms with E-state index in [1.54, 1.807) is 7.11 Å². The van der Waals surface area contributed by atoms with Crippen molar-refractivity contribution in [2.45, 2.75) is 13.0 Å². The Morgan fingerprint density at radius 1 is 1.27 bits per heavy atom. The second-order valence-electron chi connectivity index (χ2n) is 4.94. The molecule has 1 fully saturated rings. The van der Waals surface area contributed by atoms with Gasteiger partial charge in [-0.1, -0.05) is 11.6 Å². The maximum Gasteiger partial charge on any atom is 0.123 e. The lowest BCUT2D eigenvalue weighted by Gasteiger charge is -2.26. The van der Waals surface area contributed by atoms with Crippen molar-refractivity contribution in [2.75, 3.05) is 46.5 Å². The fourth-order valence-electron chi connectivity index (χ4n) is 2.36. The Bertz CT molecular complexity index is 416. The molecule has 0 aliphatic carbocycles. The van der Waals surface area contributed by atoms with E-state index in [9.17, 15) is 0 Å². The summed E-state index contributed by atoms with van der Waals surface area (Å²) in [4.78, 5) is 2.45. The van der Waals surface area contributed by atoms with E-state index >= 15 is 0 Å². The second-order valence-corrected chi connectivity index (χ2v) is 5.38. The molecule has 7 heteroatoms. The molecule has 1 saturated heterocycles. The van der Waals surface area contributed by atoms with Crippen LogP contribution in [0.5, 0.6) is 5.75 Å². The van der Waals surface area contributed by atoms with Crippen LogP contribution in [0.4, 0.5) is 0 Å². The maximum absolute atomic E-state index is 6.01. The quantitative estimate of drug-likeness (QED) is 0.747. The Balaban J connectivity index is 0.00000220. The number of morpholine rings is 1. The van der Waals surface area contributed by atoms with E-state index in [2.05, 4.69) is 10.2 Å². The van der Waals surface area contributed by atoms with Crippen molar-refractivity contribution in [3.8, 4) is 5.75 Å². The van der Waals surface area contributed by atoms with Crippen molar-refractivity contribution in [1.29, 1.82) is 0 Å². The lowest BCUT2D eigenvalue weighted by molar-refractivity contribution is 0.0374. The topological polar surface area (TPSA) is 33.7 Å². The predicted octanol–water partition coefficient (Wildman–Crippen LogP) is 3.00. The maximum atomic E-state index is 6.01. The van der Waals surface area contributed by atoms with Gasteiger partial charge in [-0.2, -0.15) is 0 Å². The summed E-state index contributed by atoms with van der Waals surface area (Å²) in [5, 5.41) is 4.19. The Morgan fingerprint density at radius 2 is 2.00 bits per heavy atom. The van der Waals surface area contributed by atoms with E-state index in [4.69, 9.17) is 21.1 Å². The van der Waals surface area contributed by atoms with Crippen LogP contribution in [-0.2, 0) is 11.3 Å². The lowest BCUT2D eigenvalue weighted by Crippen LogP contribution is -2.37. The van der Waals surface area contributed by atoms with Crippen LogP contribution in [0.2, 0.25) is 5.02 Å². The van der Waals surface area contributed by atoms with Gasteiger partial charge in [-0.15, -0.1) is 24.8 Å². The zero-order chi connectivity index (χ0) is 14.2. The van der Waals surface area contributed by atoms with E-state index < -0.39 is 0 Å². The third-order valence-electron chi connectivity index (χ3n) is 3.49. The van der Waals surface area contributed by atoms with Crippen LogP contribution in [0.1, 0.15) is 12.0 Å². The van der Waals surface area contributed by atoms with Gasteiger partial charge in [-0.25, -0.2) is 0 Å². The van der Waals surface area contributed by atoms with Crippen molar-refractivity contribution < 1.29 is 9.47 Å². The molecule has 0 unspecified atom stereocenters. The summed E-state index contributed by atoms with van der Waals surface area (Å²) in [6.07, 6.45) is 1.14. The molecule has 0 bridgehead atoms. The molecule has 22 heavy (non-hydrogen) atoms. The first-order valence-electron chi connectivity index (χ1n) is 7.13. The van der Waals surface area contributed by atoms with Gasteiger partial charge < -0.3 is 14.8 Å². The highest BCUT2D eigenvalue weighted by Crippen LogP contribution is 2.22. The standard InChI is InChI=1S/C15H23ClN2O2.2ClH/c1-19-15-4-3-14(16)11-13(15)12-17-5-2-6-18-7-9-20-10-8-18;;/h3-4,11,17H,2,5-10,12H2,1H3;2*1H. The van der Waals surface area contributed by atoms with Crippen LogP contribution in [0.25, 0.3) is 0 Å². The zero-order valence-electron chi connectivity index (χ0n) is 12.8. The first-order valence-corrected chi connectivity index (χ1v) is 7.50. The molecule has 2 rings (SSSR count). The van der Waals surface area contributed by atoms with Crippen molar-refractivity contribution >= 4 is 36.4 Å². The van der Waals surface area contributed by atoms with Gasteiger partial charge in [0.25, 0.3) is 0 Å². The van der Waals surface area contributed by atoms with Crippen LogP contribution in [-0.4, -0.2) is 51.4 Å². The Labute approximate surface area is 150 Å². The number of nitrogens with one attached hydrogen (secondary N) is 1. The molecule has 1 N–H and O–H groups in total. The van der Waals surface area contributed by atoms with Gasteiger partial charge in [0.05, 0.1) is 20.3 Å².